The molecule has 1 unspecified atom stereocenters. The Bertz CT molecular complexity index is 1990. The van der Waals surface area contributed by atoms with Gasteiger partial charge in [0.1, 0.15) is 5.75 Å². The second-order valence-electron chi connectivity index (χ2n) is 15.5. The number of rotatable bonds is 20. The van der Waals surface area contributed by atoms with Gasteiger partial charge in [-0.05, 0) is 65.1 Å². The van der Waals surface area contributed by atoms with Gasteiger partial charge in [-0.25, -0.2) is 9.97 Å². The van der Waals surface area contributed by atoms with Gasteiger partial charge in [0, 0.05) is 60.4 Å². The minimum Gasteiger partial charge on any atom is -0.494 e. The van der Waals surface area contributed by atoms with Crippen LogP contribution in [-0.2, 0) is 27.8 Å². The molecule has 2 heterocycles. The summed E-state index contributed by atoms with van der Waals surface area (Å²) < 4.78 is 5.91. The third-order valence-electron chi connectivity index (χ3n) is 10.0. The number of nitrogens with one attached hydrogen (secondary N) is 1. The molecule has 5 rings (SSSR count). The van der Waals surface area contributed by atoms with Crippen LogP contribution in [0.3, 0.4) is 0 Å². The number of aromatic nitrogens is 3. The van der Waals surface area contributed by atoms with E-state index in [0.29, 0.717) is 11.4 Å². The number of carboxylic acids is 1. The summed E-state index contributed by atoms with van der Waals surface area (Å²) in [5.74, 6) is -1.68. The van der Waals surface area contributed by atoms with Crippen molar-refractivity contribution in [2.24, 2.45) is 11.8 Å². The van der Waals surface area contributed by atoms with Gasteiger partial charge in [0.15, 0.2) is 11.6 Å². The molecule has 292 valence electrons. The van der Waals surface area contributed by atoms with Gasteiger partial charge in [-0.2, -0.15) is 0 Å². The van der Waals surface area contributed by atoms with Crippen LogP contribution < -0.4 is 10.1 Å². The monoisotopic (exact) mass is 754 g/mol. The third kappa shape index (κ3) is 12.4. The first kappa shape index (κ1) is 41.5. The van der Waals surface area contributed by atoms with Crippen LogP contribution in [0.1, 0.15) is 93.3 Å². The van der Waals surface area contributed by atoms with E-state index in [-0.39, 0.29) is 42.9 Å². The van der Waals surface area contributed by atoms with Crippen molar-refractivity contribution in [2.45, 2.75) is 84.5 Å². The summed E-state index contributed by atoms with van der Waals surface area (Å²) in [4.78, 5) is 52.7. The Kier molecular flexibility index (Phi) is 15.0. The molecular weight excluding hydrogens is 701 g/mol. The van der Waals surface area contributed by atoms with Crippen molar-refractivity contribution in [2.75, 3.05) is 13.2 Å². The lowest BCUT2D eigenvalue weighted by molar-refractivity contribution is -0.141. The second kappa shape index (κ2) is 20.3. The molecule has 3 aromatic carbocycles. The number of carbonyl (C=O) groups is 3. The highest BCUT2D eigenvalue weighted by Crippen LogP contribution is 2.26. The van der Waals surface area contributed by atoms with Crippen molar-refractivity contribution < 1.29 is 24.2 Å². The molecule has 2 atom stereocenters. The lowest BCUT2D eigenvalue weighted by Gasteiger charge is -2.20. The highest BCUT2D eigenvalue weighted by molar-refractivity contribution is 5.98. The Morgan fingerprint density at radius 3 is 2.02 bits per heavy atom. The number of amides is 1. The SMILES string of the molecule is CCCCCCCOc1ccc(-c2cnc(-c3ccc(C[C@H](CC(=O)c4ccc(C(C)(C)C)cc4)C(=O)NCC(Cc4cccnc4)C(=O)O)cc3)nc2)cc1. The number of hydrogen-bond acceptors (Lipinski definition) is 7. The van der Waals surface area contributed by atoms with Crippen LogP contribution in [0.2, 0.25) is 0 Å². The van der Waals surface area contributed by atoms with Crippen LogP contribution in [0, 0.1) is 11.8 Å². The molecule has 0 saturated carbocycles. The van der Waals surface area contributed by atoms with Gasteiger partial charge in [0.25, 0.3) is 0 Å². The molecule has 0 fully saturated rings. The van der Waals surface area contributed by atoms with E-state index in [4.69, 9.17) is 4.74 Å². The zero-order valence-electron chi connectivity index (χ0n) is 33.0. The molecule has 1 amide bonds. The molecule has 0 spiro atoms. The maximum Gasteiger partial charge on any atom is 0.308 e. The maximum absolute atomic E-state index is 13.7. The van der Waals surface area contributed by atoms with E-state index in [2.05, 4.69) is 48.0 Å². The minimum atomic E-state index is -1.02. The molecule has 9 nitrogen and oxygen atoms in total. The number of hydrogen-bond donors (Lipinski definition) is 2. The number of unbranched alkanes of at least 4 members (excludes halogenated alkanes) is 4. The summed E-state index contributed by atoms with van der Waals surface area (Å²) in [6.45, 7) is 9.20. The number of aliphatic carboxylic acids is 1. The van der Waals surface area contributed by atoms with Crippen LogP contribution in [-0.4, -0.2) is 50.9 Å². The number of ether oxygens (including phenoxy) is 1. The van der Waals surface area contributed by atoms with Gasteiger partial charge in [-0.15, -0.1) is 0 Å². The maximum atomic E-state index is 13.7. The standard InChI is InChI=1S/C47H54N4O5/c1-5-6-7-8-9-25-56-42-22-18-35(19-23-42)40-31-49-44(50-32-40)37-14-12-33(13-15-37)26-38(28-43(52)36-16-20-41(21-17-36)47(2,3)4)45(53)51-30-39(46(54)55)27-34-11-10-24-48-29-34/h10-24,29,31-32,38-39H,5-9,25-28,30H2,1-4H3,(H,51,53)(H,54,55)/t38-,39?/m1/s1. The van der Waals surface area contributed by atoms with Crippen LogP contribution in [0.15, 0.2) is 110 Å². The molecule has 2 N–H and O–H groups in total. The number of ketones is 1. The highest BCUT2D eigenvalue weighted by Gasteiger charge is 2.26. The first-order valence-electron chi connectivity index (χ1n) is 19.7. The topological polar surface area (TPSA) is 131 Å². The van der Waals surface area contributed by atoms with E-state index < -0.39 is 17.8 Å². The van der Waals surface area contributed by atoms with Crippen LogP contribution >= 0.6 is 0 Å². The normalized spacial score (nSPS) is 12.4. The van der Waals surface area contributed by atoms with Gasteiger partial charge in [-0.3, -0.25) is 19.4 Å². The van der Waals surface area contributed by atoms with Gasteiger partial charge >= 0.3 is 5.97 Å². The molecule has 0 aliphatic carbocycles. The van der Waals surface area contributed by atoms with E-state index in [0.717, 1.165) is 52.2 Å². The predicted molar refractivity (Wildman–Crippen MR) is 221 cm³/mol. The van der Waals surface area contributed by atoms with Crippen molar-refractivity contribution in [3.05, 3.63) is 132 Å². The fourth-order valence-corrected chi connectivity index (χ4v) is 6.51. The average molecular weight is 755 g/mol. The molecular formula is C47H54N4O5. The Morgan fingerprint density at radius 1 is 0.732 bits per heavy atom. The van der Waals surface area contributed by atoms with Crippen molar-refractivity contribution in [3.63, 3.8) is 0 Å². The van der Waals surface area contributed by atoms with E-state index in [1.54, 1.807) is 30.9 Å². The first-order chi connectivity index (χ1) is 27.0. The fourth-order valence-electron chi connectivity index (χ4n) is 6.51. The molecule has 0 bridgehead atoms. The number of pyridine rings is 1. The van der Waals surface area contributed by atoms with E-state index in [1.807, 2.05) is 78.9 Å². The number of Topliss-reactive ketones (excluding diaryl/α,β-unsaturated/α-hetero) is 1. The highest BCUT2D eigenvalue weighted by atomic mass is 16.5. The van der Waals surface area contributed by atoms with Gasteiger partial charge in [0.2, 0.25) is 5.91 Å². The van der Waals surface area contributed by atoms with E-state index >= 15 is 0 Å². The average Bonchev–Trinajstić information content (AvgIpc) is 3.21. The summed E-state index contributed by atoms with van der Waals surface area (Å²) in [5.41, 5.74) is 5.91. The number of carbonyl (C=O) groups excluding carboxylic acids is 2. The lowest BCUT2D eigenvalue weighted by Crippen LogP contribution is -2.39. The molecule has 5 aromatic rings. The van der Waals surface area contributed by atoms with Gasteiger partial charge in [-0.1, -0.05) is 120 Å². The van der Waals surface area contributed by atoms with E-state index in [9.17, 15) is 19.5 Å². The molecule has 0 aliphatic rings. The Labute approximate surface area is 331 Å². The quantitative estimate of drug-likeness (QED) is 0.0594. The summed E-state index contributed by atoms with van der Waals surface area (Å²) >= 11 is 0. The molecule has 9 heteroatoms. The zero-order chi connectivity index (χ0) is 39.9. The number of nitrogens with zero attached hydrogens (tertiary/aromatic N) is 3. The Hall–Kier alpha value is -5.70. The van der Waals surface area contributed by atoms with Crippen molar-refractivity contribution >= 4 is 17.7 Å². The van der Waals surface area contributed by atoms with Crippen molar-refractivity contribution in [1.82, 2.24) is 20.3 Å². The summed E-state index contributed by atoms with van der Waals surface area (Å²) in [5, 5.41) is 12.8. The Balaban J connectivity index is 1.24. The van der Waals surface area contributed by atoms with Gasteiger partial charge in [0.05, 0.1) is 12.5 Å². The summed E-state index contributed by atoms with van der Waals surface area (Å²) in [6.07, 6.45) is 13.3. The molecule has 0 saturated heterocycles. The van der Waals surface area contributed by atoms with E-state index in [1.165, 1.54) is 25.7 Å². The smallest absolute Gasteiger partial charge is 0.308 e. The summed E-state index contributed by atoms with van der Waals surface area (Å²) in [7, 11) is 0. The Morgan fingerprint density at radius 2 is 1.39 bits per heavy atom. The largest absolute Gasteiger partial charge is 0.494 e. The second-order valence-corrected chi connectivity index (χ2v) is 15.5. The first-order valence-corrected chi connectivity index (χ1v) is 19.7. The predicted octanol–water partition coefficient (Wildman–Crippen LogP) is 9.34. The van der Waals surface area contributed by atoms with Crippen molar-refractivity contribution in [3.8, 4) is 28.3 Å². The lowest BCUT2D eigenvalue weighted by atomic mass is 9.85. The molecule has 0 aliphatic heterocycles. The van der Waals surface area contributed by atoms with Crippen LogP contribution in [0.4, 0.5) is 0 Å². The summed E-state index contributed by atoms with van der Waals surface area (Å²) in [6, 6.07) is 26.7. The van der Waals surface area contributed by atoms with Crippen LogP contribution in [0.25, 0.3) is 22.5 Å². The molecule has 0 radical (unpaired) electrons. The van der Waals surface area contributed by atoms with Gasteiger partial charge < -0.3 is 15.2 Å². The van der Waals surface area contributed by atoms with Crippen LogP contribution in [0.5, 0.6) is 5.75 Å². The zero-order valence-corrected chi connectivity index (χ0v) is 33.0. The number of carboxylic acid groups (broad SMARTS) is 1. The fraction of sp³-hybridized carbons (Fsp3) is 0.362. The third-order valence-corrected chi connectivity index (χ3v) is 10.0. The molecule has 56 heavy (non-hydrogen) atoms. The minimum absolute atomic E-state index is 0.0283. The van der Waals surface area contributed by atoms with Crippen molar-refractivity contribution in [1.29, 1.82) is 0 Å². The number of benzene rings is 3. The molecule has 2 aromatic heterocycles.